The molecule has 32 heavy (non-hydrogen) atoms. The molecule has 2 atom stereocenters. The summed E-state index contributed by atoms with van der Waals surface area (Å²) < 4.78 is 2.74. The molecule has 0 aliphatic heterocycles. The zero-order valence-electron chi connectivity index (χ0n) is 22.8. The highest BCUT2D eigenvalue weighted by Crippen LogP contribution is 2.43. The van der Waals surface area contributed by atoms with Gasteiger partial charge in [-0.1, -0.05) is 107 Å². The molecule has 176 valence electrons. The van der Waals surface area contributed by atoms with Gasteiger partial charge in [-0.2, -0.15) is 0 Å². The van der Waals surface area contributed by atoms with E-state index in [1.54, 1.807) is 0 Å². The number of aromatic nitrogens is 1. The maximum absolute atomic E-state index is 2.74. The molecule has 1 aromatic heterocycles. The van der Waals surface area contributed by atoms with Crippen molar-refractivity contribution >= 4 is 21.8 Å². The van der Waals surface area contributed by atoms with Crippen molar-refractivity contribution < 1.29 is 0 Å². The summed E-state index contributed by atoms with van der Waals surface area (Å²) in [6.07, 6.45) is 0. The van der Waals surface area contributed by atoms with Crippen LogP contribution in [0, 0.1) is 23.7 Å². The van der Waals surface area contributed by atoms with Crippen molar-refractivity contribution in [3.63, 3.8) is 0 Å². The fourth-order valence-corrected chi connectivity index (χ4v) is 5.04. The predicted octanol–water partition coefficient (Wildman–Crippen LogP) is 9.51. The molecule has 1 heteroatoms. The third kappa shape index (κ3) is 4.50. The van der Waals surface area contributed by atoms with Crippen LogP contribution in [0.4, 0.5) is 0 Å². The lowest BCUT2D eigenvalue weighted by Gasteiger charge is -2.37. The van der Waals surface area contributed by atoms with E-state index in [1.807, 2.05) is 0 Å². The van der Waals surface area contributed by atoms with Gasteiger partial charge in [0.15, 0.2) is 0 Å². The maximum Gasteiger partial charge on any atom is 0.0497 e. The van der Waals surface area contributed by atoms with Gasteiger partial charge in [-0.3, -0.25) is 0 Å². The van der Waals surface area contributed by atoms with Crippen LogP contribution in [-0.2, 0) is 10.8 Å². The fourth-order valence-electron chi connectivity index (χ4n) is 5.04. The fraction of sp³-hybridized carbons (Fsp3) is 0.613. The Labute approximate surface area is 197 Å². The van der Waals surface area contributed by atoms with Gasteiger partial charge in [0.05, 0.1) is 0 Å². The van der Waals surface area contributed by atoms with Gasteiger partial charge < -0.3 is 4.57 Å². The Kier molecular flexibility index (Phi) is 6.64. The van der Waals surface area contributed by atoms with Gasteiger partial charge in [0.25, 0.3) is 0 Å². The number of benzene rings is 2. The summed E-state index contributed by atoms with van der Waals surface area (Å²) in [7, 11) is 0. The van der Waals surface area contributed by atoms with Gasteiger partial charge in [0.1, 0.15) is 0 Å². The number of hydrogen-bond donors (Lipinski definition) is 0. The van der Waals surface area contributed by atoms with Crippen molar-refractivity contribution in [1.29, 1.82) is 0 Å². The summed E-state index contributed by atoms with van der Waals surface area (Å²) in [6.45, 7) is 28.4. The average Bonchev–Trinajstić information content (AvgIpc) is 2.99. The van der Waals surface area contributed by atoms with Crippen LogP contribution in [0.2, 0.25) is 0 Å². The molecular weight excluding hydrogens is 386 g/mol. The van der Waals surface area contributed by atoms with Gasteiger partial charge >= 0.3 is 0 Å². The first-order valence-electron chi connectivity index (χ1n) is 12.7. The van der Waals surface area contributed by atoms with Gasteiger partial charge in [0.2, 0.25) is 0 Å². The van der Waals surface area contributed by atoms with Gasteiger partial charge in [0, 0.05) is 27.8 Å². The highest BCUT2D eigenvalue weighted by atomic mass is 15.0. The van der Waals surface area contributed by atoms with Crippen LogP contribution in [0.3, 0.4) is 0 Å². The summed E-state index contributed by atoms with van der Waals surface area (Å²) in [6, 6.07) is 14.9. The van der Waals surface area contributed by atoms with E-state index in [0.29, 0.717) is 29.7 Å². The van der Waals surface area contributed by atoms with Crippen LogP contribution in [0.1, 0.15) is 100 Å². The van der Waals surface area contributed by atoms with E-state index in [4.69, 9.17) is 0 Å². The monoisotopic (exact) mass is 433 g/mol. The lowest BCUT2D eigenvalue weighted by molar-refractivity contribution is 0.180. The molecule has 0 radical (unpaired) electrons. The standard InChI is InChI=1S/C31H47N/c1-19(2)21(5)29(22(6)20(3)4)32-27-17-23(30(7,8)9)13-15-25(27)26-16-14-24(18-28(26)32)31(10,11)12/h13-22,29H,1-12H3. The van der Waals surface area contributed by atoms with Crippen LogP contribution in [0.5, 0.6) is 0 Å². The van der Waals surface area contributed by atoms with Crippen molar-refractivity contribution in [2.45, 2.75) is 100.0 Å². The van der Waals surface area contributed by atoms with Crippen molar-refractivity contribution in [1.82, 2.24) is 4.57 Å². The van der Waals surface area contributed by atoms with Crippen molar-refractivity contribution in [3.8, 4) is 0 Å². The molecule has 0 amide bonds. The number of rotatable bonds is 5. The second kappa shape index (κ2) is 8.54. The van der Waals surface area contributed by atoms with Crippen LogP contribution >= 0.6 is 0 Å². The summed E-state index contributed by atoms with van der Waals surface area (Å²) in [5.41, 5.74) is 5.91. The molecule has 3 rings (SSSR count). The topological polar surface area (TPSA) is 4.93 Å². The normalized spacial score (nSPS) is 16.3. The zero-order chi connectivity index (χ0) is 24.2. The SMILES string of the molecule is CC(C)C(C)C(C(C)C(C)C)n1c2cc(C(C)(C)C)ccc2c2ccc(C(C)(C)C)cc21. The van der Waals surface area contributed by atoms with E-state index < -0.39 is 0 Å². The Hall–Kier alpha value is -1.76. The summed E-state index contributed by atoms with van der Waals surface area (Å²) in [5.74, 6) is 2.43. The zero-order valence-corrected chi connectivity index (χ0v) is 22.8. The highest BCUT2D eigenvalue weighted by molar-refractivity contribution is 6.08. The summed E-state index contributed by atoms with van der Waals surface area (Å²) >= 11 is 0. The third-order valence-electron chi connectivity index (χ3n) is 8.02. The molecule has 0 saturated carbocycles. The van der Waals surface area contributed by atoms with Crippen LogP contribution < -0.4 is 0 Å². The number of nitrogens with zero attached hydrogens (tertiary/aromatic N) is 1. The van der Waals surface area contributed by atoms with E-state index in [-0.39, 0.29) is 10.8 Å². The van der Waals surface area contributed by atoms with Crippen LogP contribution in [-0.4, -0.2) is 4.57 Å². The Bertz CT molecular complexity index is 996. The van der Waals surface area contributed by atoms with E-state index in [9.17, 15) is 0 Å². The lowest BCUT2D eigenvalue weighted by atomic mass is 9.78. The van der Waals surface area contributed by atoms with E-state index >= 15 is 0 Å². The van der Waals surface area contributed by atoms with Crippen LogP contribution in [0.15, 0.2) is 36.4 Å². The Morgan fingerprint density at radius 3 is 1.19 bits per heavy atom. The molecule has 0 spiro atoms. The first-order valence-corrected chi connectivity index (χ1v) is 12.7. The molecule has 2 aromatic carbocycles. The molecule has 0 bridgehead atoms. The van der Waals surface area contributed by atoms with Gasteiger partial charge in [-0.25, -0.2) is 0 Å². The number of hydrogen-bond acceptors (Lipinski definition) is 0. The molecule has 0 aliphatic carbocycles. The largest absolute Gasteiger partial charge is 0.337 e. The summed E-state index contributed by atoms with van der Waals surface area (Å²) in [4.78, 5) is 0. The van der Waals surface area contributed by atoms with Gasteiger partial charge in [-0.15, -0.1) is 0 Å². The van der Waals surface area contributed by atoms with Gasteiger partial charge in [-0.05, 0) is 57.8 Å². The molecule has 1 heterocycles. The minimum Gasteiger partial charge on any atom is -0.337 e. The predicted molar refractivity (Wildman–Crippen MR) is 144 cm³/mol. The Balaban J connectivity index is 2.48. The molecule has 0 aliphatic rings. The average molecular weight is 434 g/mol. The molecule has 2 unspecified atom stereocenters. The quantitative estimate of drug-likeness (QED) is 0.377. The second-order valence-corrected chi connectivity index (χ2v) is 13.0. The van der Waals surface area contributed by atoms with E-state index in [2.05, 4.69) is 124 Å². The summed E-state index contributed by atoms with van der Waals surface area (Å²) in [5, 5.41) is 2.79. The molecule has 3 aromatic rings. The van der Waals surface area contributed by atoms with Crippen molar-refractivity contribution in [2.24, 2.45) is 23.7 Å². The minimum atomic E-state index is 0.134. The third-order valence-corrected chi connectivity index (χ3v) is 8.02. The smallest absolute Gasteiger partial charge is 0.0497 e. The molecule has 0 N–H and O–H groups in total. The molecule has 1 nitrogen and oxygen atoms in total. The molecular formula is C31H47N. The van der Waals surface area contributed by atoms with Crippen LogP contribution in [0.25, 0.3) is 21.8 Å². The highest BCUT2D eigenvalue weighted by Gasteiger charge is 2.32. The first-order chi connectivity index (χ1) is 14.6. The van der Waals surface area contributed by atoms with Crippen molar-refractivity contribution in [3.05, 3.63) is 47.5 Å². The lowest BCUT2D eigenvalue weighted by Crippen LogP contribution is -2.30. The second-order valence-electron chi connectivity index (χ2n) is 13.0. The molecule has 0 fully saturated rings. The Morgan fingerprint density at radius 2 is 0.906 bits per heavy atom. The Morgan fingerprint density at radius 1 is 0.562 bits per heavy atom. The first kappa shape index (κ1) is 24.9. The van der Waals surface area contributed by atoms with E-state index in [1.165, 1.54) is 32.9 Å². The van der Waals surface area contributed by atoms with Crippen molar-refractivity contribution in [2.75, 3.05) is 0 Å². The van der Waals surface area contributed by atoms with E-state index in [0.717, 1.165) is 0 Å². The molecule has 0 saturated heterocycles. The number of fused-ring (bicyclic) bond motifs is 3. The maximum atomic E-state index is 2.74. The minimum absolute atomic E-state index is 0.134.